The Kier molecular flexibility index (Phi) is 5.40. The molecule has 0 bridgehead atoms. The summed E-state index contributed by atoms with van der Waals surface area (Å²) in [5, 5.41) is 4.26. The van der Waals surface area contributed by atoms with Crippen molar-refractivity contribution in [1.29, 1.82) is 0 Å². The van der Waals surface area contributed by atoms with Crippen LogP contribution in [0.15, 0.2) is 24.3 Å². The van der Waals surface area contributed by atoms with Gasteiger partial charge >= 0.3 is 0 Å². The molecule has 0 radical (unpaired) electrons. The number of carbonyl (C=O) groups is 1. The Morgan fingerprint density at radius 3 is 2.77 bits per heavy atom. The first-order chi connectivity index (χ1) is 14.4. The molecule has 0 saturated carbocycles. The molecule has 3 aromatic rings. The second-order valence-electron chi connectivity index (χ2n) is 7.82. The molecule has 158 valence electrons. The molecule has 3 heterocycles. The summed E-state index contributed by atoms with van der Waals surface area (Å²) in [5.74, 6) is -1.63. The molecule has 1 atom stereocenters. The minimum atomic E-state index is -0.757. The van der Waals surface area contributed by atoms with Crippen molar-refractivity contribution in [3.05, 3.63) is 47.3 Å². The molecule has 1 fully saturated rings. The van der Waals surface area contributed by atoms with Gasteiger partial charge in [-0.2, -0.15) is 5.10 Å². The van der Waals surface area contributed by atoms with Crippen molar-refractivity contribution in [2.45, 2.75) is 52.0 Å². The number of nitrogens with two attached hydrogens (primary N) is 1. The van der Waals surface area contributed by atoms with Crippen LogP contribution in [0, 0.1) is 11.6 Å². The predicted octanol–water partition coefficient (Wildman–Crippen LogP) is 4.22. The molecule has 2 N–H and O–H groups in total. The summed E-state index contributed by atoms with van der Waals surface area (Å²) in [4.78, 5) is 19.3. The third-order valence-electron chi connectivity index (χ3n) is 5.75. The van der Waals surface area contributed by atoms with E-state index in [0.717, 1.165) is 31.7 Å². The molecule has 1 unspecified atom stereocenters. The van der Waals surface area contributed by atoms with Gasteiger partial charge in [-0.25, -0.2) is 18.3 Å². The lowest BCUT2D eigenvalue weighted by Gasteiger charge is -2.27. The van der Waals surface area contributed by atoms with Crippen LogP contribution in [0.1, 0.15) is 55.7 Å². The highest BCUT2D eigenvalue weighted by Gasteiger charge is 2.27. The molecule has 2 aromatic heterocycles. The van der Waals surface area contributed by atoms with Gasteiger partial charge in [0.15, 0.2) is 11.5 Å². The number of nitrogen functional groups attached to an aromatic ring is 1. The lowest BCUT2D eigenvalue weighted by atomic mass is 10.1. The van der Waals surface area contributed by atoms with Crippen LogP contribution in [0.3, 0.4) is 0 Å². The second-order valence-corrected chi connectivity index (χ2v) is 7.82. The first kappa shape index (κ1) is 20.3. The molecule has 0 aliphatic carbocycles. The van der Waals surface area contributed by atoms with E-state index in [2.05, 4.69) is 10.1 Å². The summed E-state index contributed by atoms with van der Waals surface area (Å²) in [6.07, 6.45) is 4.58. The number of fused-ring (bicyclic) bond motifs is 1. The largest absolute Gasteiger partial charge is 0.399 e. The quantitative estimate of drug-likeness (QED) is 0.652. The fraction of sp³-hybridized carbons (Fsp3) is 0.409. The zero-order valence-electron chi connectivity index (χ0n) is 17.2. The number of aromatic nitrogens is 3. The van der Waals surface area contributed by atoms with E-state index in [-0.39, 0.29) is 40.2 Å². The number of rotatable bonds is 3. The highest BCUT2D eigenvalue weighted by Crippen LogP contribution is 2.29. The SMILES string of the molecule is CCc1cc(C(=O)N2CCCCCC2C)nc2c(F)c(-c3ccc(N)cc3F)nn12. The van der Waals surface area contributed by atoms with Crippen molar-refractivity contribution in [2.75, 3.05) is 12.3 Å². The molecule has 1 amide bonds. The van der Waals surface area contributed by atoms with Gasteiger partial charge in [-0.1, -0.05) is 19.8 Å². The van der Waals surface area contributed by atoms with E-state index in [1.54, 1.807) is 6.07 Å². The van der Waals surface area contributed by atoms with Crippen molar-refractivity contribution in [2.24, 2.45) is 0 Å². The zero-order chi connectivity index (χ0) is 21.4. The standard InChI is InChI=1S/C22H25F2N5O/c1-3-15-12-18(22(30)28-10-6-4-5-7-13(28)2)26-21-19(24)20(27-29(15)21)16-9-8-14(25)11-17(16)23/h8-9,11-13H,3-7,10,25H2,1-2H3. The Hall–Kier alpha value is -3.03. The molecular formula is C22H25F2N5O. The molecule has 1 saturated heterocycles. The van der Waals surface area contributed by atoms with E-state index >= 15 is 4.39 Å². The van der Waals surface area contributed by atoms with E-state index < -0.39 is 11.6 Å². The first-order valence-electron chi connectivity index (χ1n) is 10.3. The van der Waals surface area contributed by atoms with Gasteiger partial charge in [-0.3, -0.25) is 4.79 Å². The number of likely N-dealkylation sites (tertiary alicyclic amines) is 1. The monoisotopic (exact) mass is 413 g/mol. The minimum Gasteiger partial charge on any atom is -0.399 e. The summed E-state index contributed by atoms with van der Waals surface area (Å²) >= 11 is 0. The summed E-state index contributed by atoms with van der Waals surface area (Å²) in [5.41, 5.74) is 6.44. The maximum absolute atomic E-state index is 15.3. The van der Waals surface area contributed by atoms with Crippen LogP contribution in [0.4, 0.5) is 14.5 Å². The summed E-state index contributed by atoms with van der Waals surface area (Å²) in [6.45, 7) is 4.59. The van der Waals surface area contributed by atoms with Gasteiger partial charge in [0.1, 0.15) is 17.2 Å². The predicted molar refractivity (Wildman–Crippen MR) is 111 cm³/mol. The van der Waals surface area contributed by atoms with Crippen molar-refractivity contribution in [3.63, 3.8) is 0 Å². The fourth-order valence-electron chi connectivity index (χ4n) is 4.03. The van der Waals surface area contributed by atoms with Crippen LogP contribution >= 0.6 is 0 Å². The van der Waals surface area contributed by atoms with Gasteiger partial charge in [0.25, 0.3) is 5.91 Å². The Balaban J connectivity index is 1.82. The molecule has 8 heteroatoms. The highest BCUT2D eigenvalue weighted by atomic mass is 19.1. The van der Waals surface area contributed by atoms with Crippen LogP contribution in [0.25, 0.3) is 16.9 Å². The first-order valence-corrected chi connectivity index (χ1v) is 10.3. The van der Waals surface area contributed by atoms with Crippen LogP contribution in [-0.4, -0.2) is 38.0 Å². The number of hydrogen-bond acceptors (Lipinski definition) is 4. The number of nitrogens with zero attached hydrogens (tertiary/aromatic N) is 4. The highest BCUT2D eigenvalue weighted by molar-refractivity contribution is 5.93. The van der Waals surface area contributed by atoms with E-state index in [1.807, 2.05) is 18.7 Å². The van der Waals surface area contributed by atoms with E-state index in [1.165, 1.54) is 16.6 Å². The Morgan fingerprint density at radius 1 is 1.23 bits per heavy atom. The third-order valence-corrected chi connectivity index (χ3v) is 5.75. The van der Waals surface area contributed by atoms with Gasteiger partial charge in [-0.05, 0) is 50.5 Å². The van der Waals surface area contributed by atoms with E-state index in [4.69, 9.17) is 5.73 Å². The third kappa shape index (κ3) is 3.51. The smallest absolute Gasteiger partial charge is 0.272 e. The average Bonchev–Trinajstić information content (AvgIpc) is 2.90. The molecule has 6 nitrogen and oxygen atoms in total. The number of benzene rings is 1. The number of anilines is 1. The van der Waals surface area contributed by atoms with Gasteiger partial charge in [0, 0.05) is 29.5 Å². The lowest BCUT2D eigenvalue weighted by Crippen LogP contribution is -2.38. The number of hydrogen-bond donors (Lipinski definition) is 1. The van der Waals surface area contributed by atoms with Crippen molar-refractivity contribution in [3.8, 4) is 11.3 Å². The number of carbonyl (C=O) groups excluding carboxylic acids is 1. The molecule has 1 aliphatic rings. The molecule has 30 heavy (non-hydrogen) atoms. The second kappa shape index (κ2) is 8.01. The Labute approximate surface area is 173 Å². The Morgan fingerprint density at radius 2 is 2.03 bits per heavy atom. The zero-order valence-corrected chi connectivity index (χ0v) is 17.2. The van der Waals surface area contributed by atoms with E-state index in [0.29, 0.717) is 18.7 Å². The molecular weight excluding hydrogens is 388 g/mol. The van der Waals surface area contributed by atoms with Gasteiger partial charge in [0.05, 0.1) is 0 Å². The van der Waals surface area contributed by atoms with Crippen molar-refractivity contribution in [1.82, 2.24) is 19.5 Å². The molecule has 0 spiro atoms. The Bertz CT molecular complexity index is 1110. The van der Waals surface area contributed by atoms with Gasteiger partial charge in [-0.15, -0.1) is 0 Å². The van der Waals surface area contributed by atoms with Crippen molar-refractivity contribution >= 4 is 17.2 Å². The van der Waals surface area contributed by atoms with E-state index in [9.17, 15) is 9.18 Å². The molecule has 1 aliphatic heterocycles. The van der Waals surface area contributed by atoms with Crippen molar-refractivity contribution < 1.29 is 13.6 Å². The number of halogens is 2. The van der Waals surface area contributed by atoms with Gasteiger partial charge < -0.3 is 10.6 Å². The normalized spacial score (nSPS) is 17.3. The number of aryl methyl sites for hydroxylation is 1. The number of amides is 1. The van der Waals surface area contributed by atoms with Gasteiger partial charge in [0.2, 0.25) is 0 Å². The topological polar surface area (TPSA) is 76.5 Å². The summed E-state index contributed by atoms with van der Waals surface area (Å²) in [6, 6.07) is 5.78. The fourth-order valence-corrected chi connectivity index (χ4v) is 4.03. The summed E-state index contributed by atoms with van der Waals surface area (Å²) in [7, 11) is 0. The van der Waals surface area contributed by atoms with Crippen LogP contribution < -0.4 is 5.73 Å². The lowest BCUT2D eigenvalue weighted by molar-refractivity contribution is 0.0692. The van der Waals surface area contributed by atoms with Crippen LogP contribution in [0.5, 0.6) is 0 Å². The summed E-state index contributed by atoms with van der Waals surface area (Å²) < 4.78 is 31.0. The molecule has 4 rings (SSSR count). The van der Waals surface area contributed by atoms with Crippen LogP contribution in [-0.2, 0) is 6.42 Å². The molecule has 1 aromatic carbocycles. The van der Waals surface area contributed by atoms with Crippen LogP contribution in [0.2, 0.25) is 0 Å². The maximum Gasteiger partial charge on any atom is 0.272 e. The maximum atomic E-state index is 15.3. The minimum absolute atomic E-state index is 0.00303. The average molecular weight is 413 g/mol.